The van der Waals surface area contributed by atoms with Gasteiger partial charge in [-0.15, -0.1) is 0 Å². The first-order valence-corrected chi connectivity index (χ1v) is 5.57. The molecule has 0 saturated heterocycles. The van der Waals surface area contributed by atoms with Crippen LogP contribution in [-0.2, 0) is 6.42 Å². The predicted molar refractivity (Wildman–Crippen MR) is 65.8 cm³/mol. The van der Waals surface area contributed by atoms with Gasteiger partial charge in [0.25, 0.3) is 0 Å². The maximum atomic E-state index is 2.34. The smallest absolute Gasteiger partial charge is 0.00659 e. The average Bonchev–Trinajstić information content (AvgIpc) is 2.18. The molecule has 0 amide bonds. The molecule has 0 radical (unpaired) electrons. The lowest BCUT2D eigenvalue weighted by Crippen LogP contribution is -2.18. The lowest BCUT2D eigenvalue weighted by atomic mass is 9.76. The monoisotopic (exact) mass is 198 g/mol. The summed E-state index contributed by atoms with van der Waals surface area (Å²) in [6, 6.07) is 10.7. The van der Waals surface area contributed by atoms with Gasteiger partial charge >= 0.3 is 0 Å². The Morgan fingerprint density at radius 3 is 2.60 bits per heavy atom. The van der Waals surface area contributed by atoms with Crippen LogP contribution >= 0.6 is 0 Å². The first-order chi connectivity index (χ1) is 7.18. The van der Waals surface area contributed by atoms with Crippen LogP contribution in [0.25, 0.3) is 0 Å². The van der Waals surface area contributed by atoms with Crippen molar-refractivity contribution in [2.24, 2.45) is 5.41 Å². The Morgan fingerprint density at radius 1 is 1.20 bits per heavy atom. The van der Waals surface area contributed by atoms with Gasteiger partial charge in [0.15, 0.2) is 0 Å². The zero-order chi connectivity index (χ0) is 10.7. The summed E-state index contributed by atoms with van der Waals surface area (Å²) in [6.45, 7) is 4.56. The third kappa shape index (κ3) is 2.59. The quantitative estimate of drug-likeness (QED) is 0.670. The molecule has 1 aromatic rings. The minimum Gasteiger partial charge on any atom is -0.0779 e. The van der Waals surface area contributed by atoms with Gasteiger partial charge in [0.05, 0.1) is 0 Å². The maximum Gasteiger partial charge on any atom is -0.00659 e. The molecule has 0 spiro atoms. The molecule has 0 heterocycles. The molecule has 1 aliphatic carbocycles. The predicted octanol–water partition coefficient (Wildman–Crippen LogP) is 4.14. The summed E-state index contributed by atoms with van der Waals surface area (Å²) >= 11 is 0. The highest BCUT2D eigenvalue weighted by Gasteiger charge is 2.23. The SMILES string of the molecule is CC1=CC=CC(C)(Cc2ccccc2)C1. The fourth-order valence-corrected chi connectivity index (χ4v) is 2.38. The van der Waals surface area contributed by atoms with Gasteiger partial charge < -0.3 is 0 Å². The van der Waals surface area contributed by atoms with E-state index in [1.54, 1.807) is 0 Å². The number of benzene rings is 1. The first kappa shape index (κ1) is 10.2. The van der Waals surface area contributed by atoms with E-state index < -0.39 is 0 Å². The summed E-state index contributed by atoms with van der Waals surface area (Å²) < 4.78 is 0. The second-order valence-corrected chi connectivity index (χ2v) is 4.87. The van der Waals surface area contributed by atoms with Crippen molar-refractivity contribution in [3.8, 4) is 0 Å². The maximum absolute atomic E-state index is 2.34. The van der Waals surface area contributed by atoms with Crippen LogP contribution in [0.4, 0.5) is 0 Å². The van der Waals surface area contributed by atoms with Gasteiger partial charge in [-0.05, 0) is 30.7 Å². The van der Waals surface area contributed by atoms with E-state index in [9.17, 15) is 0 Å². The van der Waals surface area contributed by atoms with Crippen LogP contribution in [0.1, 0.15) is 25.8 Å². The summed E-state index contributed by atoms with van der Waals surface area (Å²) in [5.74, 6) is 0. The summed E-state index contributed by atoms with van der Waals surface area (Å²) in [5, 5.41) is 0. The topological polar surface area (TPSA) is 0 Å². The van der Waals surface area contributed by atoms with Crippen LogP contribution in [0.5, 0.6) is 0 Å². The Hall–Kier alpha value is -1.30. The van der Waals surface area contributed by atoms with Gasteiger partial charge in [0, 0.05) is 0 Å². The average molecular weight is 198 g/mol. The molecule has 2 rings (SSSR count). The van der Waals surface area contributed by atoms with E-state index in [4.69, 9.17) is 0 Å². The number of hydrogen-bond acceptors (Lipinski definition) is 0. The van der Waals surface area contributed by atoms with Crippen LogP contribution < -0.4 is 0 Å². The highest BCUT2D eigenvalue weighted by molar-refractivity contribution is 5.25. The van der Waals surface area contributed by atoms with E-state index in [0.29, 0.717) is 5.41 Å². The molecule has 78 valence electrons. The van der Waals surface area contributed by atoms with Gasteiger partial charge in [-0.3, -0.25) is 0 Å². The molecular formula is C15H18. The van der Waals surface area contributed by atoms with Gasteiger partial charge in [-0.25, -0.2) is 0 Å². The summed E-state index contributed by atoms with van der Waals surface area (Å²) in [7, 11) is 0. The molecule has 0 fully saturated rings. The molecule has 1 atom stereocenters. The second-order valence-electron chi connectivity index (χ2n) is 4.87. The van der Waals surface area contributed by atoms with E-state index in [1.165, 1.54) is 17.6 Å². The summed E-state index contributed by atoms with van der Waals surface area (Å²) in [5.41, 5.74) is 3.22. The van der Waals surface area contributed by atoms with E-state index in [0.717, 1.165) is 6.42 Å². The van der Waals surface area contributed by atoms with Crippen molar-refractivity contribution in [2.75, 3.05) is 0 Å². The van der Waals surface area contributed by atoms with Crippen molar-refractivity contribution in [3.63, 3.8) is 0 Å². The van der Waals surface area contributed by atoms with Crippen LogP contribution in [0, 0.1) is 5.41 Å². The van der Waals surface area contributed by atoms with Crippen LogP contribution in [0.15, 0.2) is 54.1 Å². The molecule has 0 saturated carbocycles. The normalized spacial score (nSPS) is 25.1. The lowest BCUT2D eigenvalue weighted by Gasteiger charge is -2.29. The highest BCUT2D eigenvalue weighted by atomic mass is 14.3. The van der Waals surface area contributed by atoms with E-state index in [2.05, 4.69) is 62.4 Å². The zero-order valence-corrected chi connectivity index (χ0v) is 9.53. The van der Waals surface area contributed by atoms with Crippen molar-refractivity contribution < 1.29 is 0 Å². The molecule has 0 heteroatoms. The van der Waals surface area contributed by atoms with Crippen LogP contribution in [0.2, 0.25) is 0 Å². The molecule has 0 aromatic heterocycles. The minimum absolute atomic E-state index is 0.306. The molecule has 0 N–H and O–H groups in total. The van der Waals surface area contributed by atoms with Crippen LogP contribution in [-0.4, -0.2) is 0 Å². The van der Waals surface area contributed by atoms with Crippen molar-refractivity contribution in [2.45, 2.75) is 26.7 Å². The van der Waals surface area contributed by atoms with Gasteiger partial charge in [-0.1, -0.05) is 61.1 Å². The second kappa shape index (κ2) is 4.06. The summed E-state index contributed by atoms with van der Waals surface area (Å²) in [6.07, 6.45) is 9.06. The number of hydrogen-bond donors (Lipinski definition) is 0. The fourth-order valence-electron chi connectivity index (χ4n) is 2.38. The standard InChI is InChI=1S/C15H18/c1-13-7-6-10-15(2,11-13)12-14-8-4-3-5-9-14/h3-10H,11-12H2,1-2H3. The lowest BCUT2D eigenvalue weighted by molar-refractivity contribution is 0.415. The molecule has 1 aromatic carbocycles. The van der Waals surface area contributed by atoms with E-state index in [-0.39, 0.29) is 0 Å². The Morgan fingerprint density at radius 2 is 1.93 bits per heavy atom. The largest absolute Gasteiger partial charge is 0.0779 e. The highest BCUT2D eigenvalue weighted by Crippen LogP contribution is 2.34. The Balaban J connectivity index is 2.13. The molecule has 0 bridgehead atoms. The first-order valence-electron chi connectivity index (χ1n) is 5.57. The Kier molecular flexibility index (Phi) is 2.77. The fraction of sp³-hybridized carbons (Fsp3) is 0.333. The molecular weight excluding hydrogens is 180 g/mol. The Bertz CT molecular complexity index is 384. The van der Waals surface area contributed by atoms with Crippen molar-refractivity contribution in [1.29, 1.82) is 0 Å². The third-order valence-electron chi connectivity index (χ3n) is 3.01. The van der Waals surface area contributed by atoms with Gasteiger partial charge in [0.1, 0.15) is 0 Å². The molecule has 15 heavy (non-hydrogen) atoms. The van der Waals surface area contributed by atoms with E-state index in [1.807, 2.05) is 0 Å². The van der Waals surface area contributed by atoms with Crippen molar-refractivity contribution in [1.82, 2.24) is 0 Å². The van der Waals surface area contributed by atoms with Gasteiger partial charge in [-0.2, -0.15) is 0 Å². The van der Waals surface area contributed by atoms with Gasteiger partial charge in [0.2, 0.25) is 0 Å². The van der Waals surface area contributed by atoms with Crippen molar-refractivity contribution >= 4 is 0 Å². The Labute approximate surface area is 92.3 Å². The minimum atomic E-state index is 0.306. The van der Waals surface area contributed by atoms with Crippen LogP contribution in [0.3, 0.4) is 0 Å². The van der Waals surface area contributed by atoms with Crippen molar-refractivity contribution in [3.05, 3.63) is 59.7 Å². The summed E-state index contributed by atoms with van der Waals surface area (Å²) in [4.78, 5) is 0. The van der Waals surface area contributed by atoms with E-state index >= 15 is 0 Å². The molecule has 1 unspecified atom stereocenters. The zero-order valence-electron chi connectivity index (χ0n) is 9.53. The molecule has 0 aliphatic heterocycles. The molecule has 1 aliphatic rings. The molecule has 0 nitrogen and oxygen atoms in total. The number of allylic oxidation sites excluding steroid dienone is 4. The number of rotatable bonds is 2. The third-order valence-corrected chi connectivity index (χ3v) is 3.01.